The summed E-state index contributed by atoms with van der Waals surface area (Å²) >= 11 is 0. The number of hydrogen-bond donors (Lipinski definition) is 1. The number of nitrogens with one attached hydrogen (secondary N) is 1. The molecule has 1 fully saturated rings. The number of unbranched alkanes of at least 4 members (excludes halogenated alkanes) is 1. The molecule has 0 bridgehead atoms. The molecule has 1 aromatic rings. The number of benzene rings is 1. The van der Waals surface area contributed by atoms with Gasteiger partial charge in [0.15, 0.2) is 5.54 Å². The van der Waals surface area contributed by atoms with Crippen LogP contribution >= 0.6 is 0 Å². The quantitative estimate of drug-likeness (QED) is 0.644. The highest BCUT2D eigenvalue weighted by Gasteiger charge is 2.54. The number of ether oxygens (including phenoxy) is 2. The molecule has 1 N–H and O–H groups in total. The summed E-state index contributed by atoms with van der Waals surface area (Å²) in [5.74, 6) is 0.450. The molecule has 2 aliphatic heterocycles. The molecule has 6 nitrogen and oxygen atoms in total. The van der Waals surface area contributed by atoms with Gasteiger partial charge in [0, 0.05) is 18.6 Å². The fourth-order valence-electron chi connectivity index (χ4n) is 3.08. The highest BCUT2D eigenvalue weighted by molar-refractivity contribution is 6.07. The minimum absolute atomic E-state index is 0.211. The zero-order valence-corrected chi connectivity index (χ0v) is 13.3. The Kier molecular flexibility index (Phi) is 4.52. The number of hydrogen-bond acceptors (Lipinski definition) is 4. The molecule has 0 aromatic heterocycles. The van der Waals surface area contributed by atoms with Gasteiger partial charge in [-0.05, 0) is 12.5 Å². The van der Waals surface area contributed by atoms with E-state index in [0.717, 1.165) is 18.4 Å². The number of carbonyl (C=O) groups is 2. The van der Waals surface area contributed by atoms with Gasteiger partial charge in [0.25, 0.3) is 5.91 Å². The summed E-state index contributed by atoms with van der Waals surface area (Å²) in [7, 11) is 0. The average molecular weight is 318 g/mol. The molecule has 0 saturated carbocycles. The zero-order valence-electron chi connectivity index (χ0n) is 13.3. The van der Waals surface area contributed by atoms with Crippen molar-refractivity contribution in [2.75, 3.05) is 26.4 Å². The summed E-state index contributed by atoms with van der Waals surface area (Å²) in [6.07, 6.45) is 2.49. The minimum atomic E-state index is -0.991. The molecule has 2 aliphatic rings. The highest BCUT2D eigenvalue weighted by atomic mass is 16.5. The lowest BCUT2D eigenvalue weighted by Gasteiger charge is -2.33. The standard InChI is InChI=1S/C17H22N2O4/c1-2-3-10-22-12-9-19-15(20)17(18-16(19)21)8-11-23-14-7-5-4-6-13(14)17/h4-7H,2-3,8-12H2,1H3,(H,18,21). The van der Waals surface area contributed by atoms with E-state index in [9.17, 15) is 9.59 Å². The Hall–Kier alpha value is -2.08. The van der Waals surface area contributed by atoms with E-state index in [0.29, 0.717) is 32.0 Å². The van der Waals surface area contributed by atoms with Crippen molar-refractivity contribution in [3.63, 3.8) is 0 Å². The number of rotatable bonds is 6. The van der Waals surface area contributed by atoms with Crippen molar-refractivity contribution in [3.05, 3.63) is 29.8 Å². The summed E-state index contributed by atoms with van der Waals surface area (Å²) in [4.78, 5) is 26.5. The molecule has 0 aliphatic carbocycles. The van der Waals surface area contributed by atoms with Crippen LogP contribution in [0, 0.1) is 0 Å². The van der Waals surface area contributed by atoms with Gasteiger partial charge in [-0.3, -0.25) is 9.69 Å². The Morgan fingerprint density at radius 2 is 2.13 bits per heavy atom. The van der Waals surface area contributed by atoms with Gasteiger partial charge < -0.3 is 14.8 Å². The predicted molar refractivity (Wildman–Crippen MR) is 84.2 cm³/mol. The number of urea groups is 1. The van der Waals surface area contributed by atoms with Crippen LogP contribution in [-0.4, -0.2) is 43.2 Å². The molecule has 2 heterocycles. The van der Waals surface area contributed by atoms with E-state index in [1.165, 1.54) is 4.90 Å². The summed E-state index contributed by atoms with van der Waals surface area (Å²) < 4.78 is 11.1. The molecule has 1 saturated heterocycles. The van der Waals surface area contributed by atoms with E-state index in [1.807, 2.05) is 24.3 Å². The molecule has 3 amide bonds. The topological polar surface area (TPSA) is 67.9 Å². The number of carbonyl (C=O) groups excluding carboxylic acids is 2. The van der Waals surface area contributed by atoms with E-state index < -0.39 is 5.54 Å². The second-order valence-electron chi connectivity index (χ2n) is 5.85. The van der Waals surface area contributed by atoms with Gasteiger partial charge in [0.2, 0.25) is 0 Å². The lowest BCUT2D eigenvalue weighted by Crippen LogP contribution is -2.47. The minimum Gasteiger partial charge on any atom is -0.493 e. The Labute approximate surface area is 135 Å². The maximum Gasteiger partial charge on any atom is 0.325 e. The number of amides is 3. The molecule has 1 unspecified atom stereocenters. The first kappa shape index (κ1) is 15.8. The van der Waals surface area contributed by atoms with Crippen molar-refractivity contribution < 1.29 is 19.1 Å². The fraction of sp³-hybridized carbons (Fsp3) is 0.529. The van der Waals surface area contributed by atoms with Crippen molar-refractivity contribution in [1.29, 1.82) is 0 Å². The number of para-hydroxylation sites is 1. The first-order valence-electron chi connectivity index (χ1n) is 8.13. The third kappa shape index (κ3) is 2.79. The van der Waals surface area contributed by atoms with Crippen LogP contribution in [0.3, 0.4) is 0 Å². The smallest absolute Gasteiger partial charge is 0.325 e. The van der Waals surface area contributed by atoms with Gasteiger partial charge in [-0.25, -0.2) is 4.79 Å². The van der Waals surface area contributed by atoms with Crippen molar-refractivity contribution >= 4 is 11.9 Å². The van der Waals surface area contributed by atoms with Gasteiger partial charge >= 0.3 is 6.03 Å². The van der Waals surface area contributed by atoms with Gasteiger partial charge in [-0.1, -0.05) is 31.5 Å². The lowest BCUT2D eigenvalue weighted by atomic mass is 9.84. The van der Waals surface area contributed by atoms with E-state index in [4.69, 9.17) is 9.47 Å². The largest absolute Gasteiger partial charge is 0.493 e. The second kappa shape index (κ2) is 6.58. The van der Waals surface area contributed by atoms with Crippen LogP contribution in [0.15, 0.2) is 24.3 Å². The summed E-state index contributed by atoms with van der Waals surface area (Å²) in [5, 5.41) is 2.88. The Bertz CT molecular complexity index is 604. The fourth-order valence-corrected chi connectivity index (χ4v) is 3.08. The average Bonchev–Trinajstić information content (AvgIpc) is 2.80. The van der Waals surface area contributed by atoms with Crippen LogP contribution in [-0.2, 0) is 15.1 Å². The second-order valence-corrected chi connectivity index (χ2v) is 5.85. The van der Waals surface area contributed by atoms with Crippen molar-refractivity contribution in [1.82, 2.24) is 10.2 Å². The van der Waals surface area contributed by atoms with Crippen LogP contribution < -0.4 is 10.1 Å². The van der Waals surface area contributed by atoms with Gasteiger partial charge in [-0.2, -0.15) is 0 Å². The zero-order chi connectivity index (χ0) is 16.3. The molecule has 124 valence electrons. The van der Waals surface area contributed by atoms with Gasteiger partial charge in [0.05, 0.1) is 19.8 Å². The highest BCUT2D eigenvalue weighted by Crippen LogP contribution is 2.40. The molecule has 1 spiro atoms. The monoisotopic (exact) mass is 318 g/mol. The Balaban J connectivity index is 1.74. The summed E-state index contributed by atoms with van der Waals surface area (Å²) in [6.45, 7) is 3.80. The lowest BCUT2D eigenvalue weighted by molar-refractivity contribution is -0.133. The maximum atomic E-state index is 12.9. The van der Waals surface area contributed by atoms with E-state index >= 15 is 0 Å². The van der Waals surface area contributed by atoms with Gasteiger partial charge in [-0.15, -0.1) is 0 Å². The Morgan fingerprint density at radius 1 is 1.30 bits per heavy atom. The predicted octanol–water partition coefficient (Wildman–Crippen LogP) is 2.03. The van der Waals surface area contributed by atoms with E-state index in [-0.39, 0.29) is 18.5 Å². The summed E-state index contributed by atoms with van der Waals surface area (Å²) in [5.41, 5.74) is -0.256. The maximum absolute atomic E-state index is 12.9. The molecule has 1 aromatic carbocycles. The van der Waals surface area contributed by atoms with Crippen LogP contribution in [0.5, 0.6) is 5.75 Å². The van der Waals surface area contributed by atoms with Crippen molar-refractivity contribution in [2.24, 2.45) is 0 Å². The number of nitrogens with zero attached hydrogens (tertiary/aromatic N) is 1. The van der Waals surface area contributed by atoms with Crippen LogP contribution in [0.1, 0.15) is 31.7 Å². The van der Waals surface area contributed by atoms with E-state index in [1.54, 1.807) is 0 Å². The Morgan fingerprint density at radius 3 is 2.96 bits per heavy atom. The van der Waals surface area contributed by atoms with E-state index in [2.05, 4.69) is 12.2 Å². The number of imide groups is 1. The van der Waals surface area contributed by atoms with Crippen molar-refractivity contribution in [3.8, 4) is 5.75 Å². The molecular formula is C17H22N2O4. The molecular weight excluding hydrogens is 296 g/mol. The van der Waals surface area contributed by atoms with Crippen molar-refractivity contribution in [2.45, 2.75) is 31.7 Å². The first-order chi connectivity index (χ1) is 11.2. The molecule has 23 heavy (non-hydrogen) atoms. The third-order valence-electron chi connectivity index (χ3n) is 4.36. The number of fused-ring (bicyclic) bond motifs is 2. The SMILES string of the molecule is CCCCOCCN1C(=O)NC2(CCOc3ccccc32)C1=O. The molecule has 1 atom stereocenters. The van der Waals surface area contributed by atoms with Crippen LogP contribution in [0.25, 0.3) is 0 Å². The van der Waals surface area contributed by atoms with Crippen LogP contribution in [0.4, 0.5) is 4.79 Å². The normalized spacial score (nSPS) is 22.9. The molecule has 6 heteroatoms. The molecule has 0 radical (unpaired) electrons. The third-order valence-corrected chi connectivity index (χ3v) is 4.36. The summed E-state index contributed by atoms with van der Waals surface area (Å²) in [6, 6.07) is 7.02. The van der Waals surface area contributed by atoms with Crippen LogP contribution in [0.2, 0.25) is 0 Å². The molecule has 3 rings (SSSR count). The van der Waals surface area contributed by atoms with Gasteiger partial charge in [0.1, 0.15) is 5.75 Å². The first-order valence-corrected chi connectivity index (χ1v) is 8.13.